The zero-order chi connectivity index (χ0) is 18.7. The Morgan fingerprint density at radius 2 is 1.26 bits per heavy atom. The topological polar surface area (TPSA) is 173 Å². The summed E-state index contributed by atoms with van der Waals surface area (Å²) in [4.78, 5) is 56.0. The second kappa shape index (κ2) is 7.87. The molecule has 0 fully saturated rings. The molecule has 0 aromatic rings. The molecule has 0 saturated carbocycles. The molecular weight excluding hydrogens is 369 g/mol. The summed E-state index contributed by atoms with van der Waals surface area (Å²) in [5.41, 5.74) is 0.211. The molecule has 0 aromatic carbocycles. The minimum absolute atomic E-state index is 0.121. The van der Waals surface area contributed by atoms with E-state index in [0.29, 0.717) is 6.42 Å². The van der Waals surface area contributed by atoms with Crippen molar-refractivity contribution in [3.63, 3.8) is 0 Å². The minimum atomic E-state index is -5.89. The van der Waals surface area contributed by atoms with Gasteiger partial charge in [-0.25, -0.2) is 0 Å². The van der Waals surface area contributed by atoms with Crippen LogP contribution in [-0.2, 0) is 13.7 Å². The molecule has 0 heterocycles. The van der Waals surface area contributed by atoms with Crippen LogP contribution in [0.1, 0.15) is 40.0 Å². The third-order valence-corrected chi connectivity index (χ3v) is 11.5. The Hall–Kier alpha value is -0.0700. The van der Waals surface area contributed by atoms with E-state index in [0.717, 1.165) is 25.0 Å². The Morgan fingerprint density at radius 3 is 1.57 bits per heavy atom. The highest BCUT2D eigenvalue weighted by Gasteiger charge is 2.72. The molecule has 0 radical (unpaired) electrons. The highest BCUT2D eigenvalue weighted by atomic mass is 31.3. The van der Waals surface area contributed by atoms with Gasteiger partial charge in [0.05, 0.1) is 0 Å². The quantitative estimate of drug-likeness (QED) is 0.267. The maximum Gasteiger partial charge on any atom is 0.360 e. The molecule has 12 heteroatoms. The van der Waals surface area contributed by atoms with Crippen molar-refractivity contribution in [1.29, 1.82) is 0 Å². The lowest BCUT2D eigenvalue weighted by molar-refractivity contribution is 0.309. The van der Waals surface area contributed by atoms with Gasteiger partial charge in [0, 0.05) is 0 Å². The first-order valence-corrected chi connectivity index (χ1v) is 11.5. The van der Waals surface area contributed by atoms with Gasteiger partial charge in [0.2, 0.25) is 0 Å². The lowest BCUT2D eigenvalue weighted by Gasteiger charge is -2.35. The van der Waals surface area contributed by atoms with Crippen molar-refractivity contribution in [2.75, 3.05) is 0 Å². The molecule has 0 rings (SSSR count). The van der Waals surface area contributed by atoms with Crippen molar-refractivity contribution in [2.45, 2.75) is 44.7 Å². The van der Waals surface area contributed by atoms with Gasteiger partial charge in [-0.2, -0.15) is 0 Å². The van der Waals surface area contributed by atoms with Crippen LogP contribution in [0.2, 0.25) is 0 Å². The van der Waals surface area contributed by atoms with Crippen LogP contribution in [0.5, 0.6) is 0 Å². The number of rotatable bonds is 8. The predicted molar refractivity (Wildman–Crippen MR) is 85.9 cm³/mol. The Labute approximate surface area is 134 Å². The summed E-state index contributed by atoms with van der Waals surface area (Å²) >= 11 is 0. The average molecular weight is 392 g/mol. The van der Waals surface area contributed by atoms with Crippen molar-refractivity contribution in [1.82, 2.24) is 0 Å². The highest BCUT2D eigenvalue weighted by molar-refractivity contribution is 7.89. The summed E-state index contributed by atoms with van der Waals surface area (Å²) in [6, 6.07) is 0. The van der Waals surface area contributed by atoms with Crippen LogP contribution in [0.25, 0.3) is 0 Å². The lowest BCUT2D eigenvalue weighted by atomic mass is 10.1. The van der Waals surface area contributed by atoms with Gasteiger partial charge in [-0.05, 0) is 38.7 Å². The van der Waals surface area contributed by atoms with Crippen LogP contribution in [0, 0.1) is 0 Å². The Kier molecular flexibility index (Phi) is 7.85. The first-order valence-electron chi connectivity index (χ1n) is 6.62. The highest BCUT2D eigenvalue weighted by Crippen LogP contribution is 2.85. The van der Waals surface area contributed by atoms with Crippen molar-refractivity contribution >= 4 is 22.8 Å². The fraction of sp³-hybridized carbons (Fsp3) is 0.636. The van der Waals surface area contributed by atoms with Crippen molar-refractivity contribution in [3.05, 3.63) is 23.3 Å². The maximum atomic E-state index is 11.6. The van der Waals surface area contributed by atoms with E-state index >= 15 is 0 Å². The molecule has 0 aliphatic carbocycles. The first-order chi connectivity index (χ1) is 10.1. The molecule has 0 unspecified atom stereocenters. The van der Waals surface area contributed by atoms with Crippen LogP contribution < -0.4 is 0 Å². The number of hydrogen-bond donors (Lipinski definition) is 6. The number of allylic oxidation sites excluding steroid dienone is 4. The molecule has 0 spiro atoms. The fourth-order valence-electron chi connectivity index (χ4n) is 2.30. The predicted octanol–water partition coefficient (Wildman–Crippen LogP) is 2.26. The second-order valence-electron chi connectivity index (χ2n) is 5.15. The molecule has 23 heavy (non-hydrogen) atoms. The van der Waals surface area contributed by atoms with Gasteiger partial charge in [0.25, 0.3) is 4.64 Å². The van der Waals surface area contributed by atoms with Gasteiger partial charge >= 0.3 is 22.8 Å². The van der Waals surface area contributed by atoms with Gasteiger partial charge in [-0.1, -0.05) is 24.6 Å². The van der Waals surface area contributed by atoms with Gasteiger partial charge in [-0.3, -0.25) is 13.7 Å². The maximum absolute atomic E-state index is 11.6. The molecule has 136 valence electrons. The zero-order valence-corrected chi connectivity index (χ0v) is 15.7. The molecular formula is C11H23O9P3. The third kappa shape index (κ3) is 4.95. The Morgan fingerprint density at radius 1 is 0.870 bits per heavy atom. The molecule has 0 bridgehead atoms. The van der Waals surface area contributed by atoms with Gasteiger partial charge in [0.15, 0.2) is 0 Å². The minimum Gasteiger partial charge on any atom is -0.323 e. The zero-order valence-electron chi connectivity index (χ0n) is 13.0. The van der Waals surface area contributed by atoms with E-state index in [9.17, 15) is 43.1 Å². The van der Waals surface area contributed by atoms with Gasteiger partial charge in [0.1, 0.15) is 0 Å². The average Bonchev–Trinajstić information content (AvgIpc) is 2.23. The molecule has 9 nitrogen and oxygen atoms in total. The number of hydrogen-bond acceptors (Lipinski definition) is 3. The van der Waals surface area contributed by atoms with Crippen molar-refractivity contribution in [2.24, 2.45) is 0 Å². The van der Waals surface area contributed by atoms with E-state index in [2.05, 4.69) is 0 Å². The van der Waals surface area contributed by atoms with Crippen LogP contribution >= 0.6 is 22.8 Å². The lowest BCUT2D eigenvalue weighted by Crippen LogP contribution is -2.30. The van der Waals surface area contributed by atoms with E-state index in [-0.39, 0.29) is 6.42 Å². The van der Waals surface area contributed by atoms with Crippen LogP contribution in [0.15, 0.2) is 23.3 Å². The summed E-state index contributed by atoms with van der Waals surface area (Å²) in [5.74, 6) is 0. The summed E-state index contributed by atoms with van der Waals surface area (Å²) < 4.78 is 31.1. The van der Waals surface area contributed by atoms with E-state index in [4.69, 9.17) is 0 Å². The summed E-state index contributed by atoms with van der Waals surface area (Å²) in [6.45, 7) is 4.61. The van der Waals surface area contributed by atoms with Gasteiger partial charge in [-0.15, -0.1) is 0 Å². The largest absolute Gasteiger partial charge is 0.360 e. The molecule has 0 aliphatic rings. The van der Waals surface area contributed by atoms with Crippen LogP contribution in [0.4, 0.5) is 0 Å². The molecule has 0 saturated heterocycles. The van der Waals surface area contributed by atoms with Crippen molar-refractivity contribution < 1.29 is 43.1 Å². The molecule has 6 N–H and O–H groups in total. The van der Waals surface area contributed by atoms with Crippen LogP contribution in [-0.4, -0.2) is 34.0 Å². The van der Waals surface area contributed by atoms with Gasteiger partial charge < -0.3 is 29.4 Å². The molecule has 0 aromatic heterocycles. The fourth-order valence-corrected chi connectivity index (χ4v) is 8.03. The standard InChI is InChI=1S/C11H23O9P3/c1-4-6-9(2)7-5-8-10(3)11(21(12,13)14,22(15,16)17)23(18,19)20/h6,8H,4-5,7H2,1-3H3,(H2,12,13,14)(H2,15,16,17)(H2,18,19,20). The SMILES string of the molecule is CCC=C(C)CCC=C(C)C(P(=O)(O)O)(P(=O)(O)O)P(=O)(O)O. The van der Waals surface area contributed by atoms with E-state index < -0.39 is 33.0 Å². The summed E-state index contributed by atoms with van der Waals surface area (Å²) in [6.07, 6.45) is 4.25. The van der Waals surface area contributed by atoms with Crippen molar-refractivity contribution in [3.8, 4) is 0 Å². The van der Waals surface area contributed by atoms with Crippen LogP contribution in [0.3, 0.4) is 0 Å². The normalized spacial score (nSPS) is 15.9. The molecule has 0 aliphatic heterocycles. The monoisotopic (exact) mass is 392 g/mol. The summed E-state index contributed by atoms with van der Waals surface area (Å²) in [5, 5.41) is 0. The Bertz CT molecular complexity index is 564. The molecule has 0 atom stereocenters. The smallest absolute Gasteiger partial charge is 0.323 e. The second-order valence-corrected chi connectivity index (χ2v) is 11.5. The summed E-state index contributed by atoms with van der Waals surface area (Å²) in [7, 11) is -17.7. The van der Waals surface area contributed by atoms with E-state index in [1.807, 2.05) is 13.0 Å². The van der Waals surface area contributed by atoms with E-state index in [1.54, 1.807) is 6.92 Å². The Balaban J connectivity index is 6.10. The molecule has 0 amide bonds. The third-order valence-electron chi connectivity index (χ3n) is 3.29. The first kappa shape index (κ1) is 22.9. The van der Waals surface area contributed by atoms with E-state index in [1.165, 1.54) is 0 Å².